The van der Waals surface area contributed by atoms with E-state index in [0.29, 0.717) is 12.0 Å². The second-order valence-electron chi connectivity index (χ2n) is 5.19. The smallest absolute Gasteiger partial charge is 0.126 e. The van der Waals surface area contributed by atoms with Gasteiger partial charge in [-0.15, -0.1) is 0 Å². The fraction of sp³-hybridized carbons (Fsp3) is 0.294. The molecular weight excluding hydrogens is 272 g/mol. The third kappa shape index (κ3) is 2.90. The Morgan fingerprint density at radius 1 is 1.14 bits per heavy atom. The molecule has 0 radical (unpaired) electrons. The molecule has 2 nitrogen and oxygen atoms in total. The van der Waals surface area contributed by atoms with Gasteiger partial charge in [-0.1, -0.05) is 25.1 Å². The van der Waals surface area contributed by atoms with Gasteiger partial charge in [0.15, 0.2) is 0 Å². The third-order valence-corrected chi connectivity index (χ3v) is 3.72. The Balaban J connectivity index is 1.95. The molecule has 0 saturated heterocycles. The standard InChI is InChI=1S/C17H17F2NO/c1-2-20-15-10-17(11-7-12(18)9-13(19)8-11)21-16-6-4-3-5-14(15)16/h3-9,15,17,20H,2,10H2,1H3. The van der Waals surface area contributed by atoms with Crippen LogP contribution in [-0.2, 0) is 0 Å². The van der Waals surface area contributed by atoms with Crippen LogP contribution in [0, 0.1) is 11.6 Å². The van der Waals surface area contributed by atoms with E-state index in [1.165, 1.54) is 12.1 Å². The first-order chi connectivity index (χ1) is 10.2. The number of rotatable bonds is 3. The molecule has 0 aromatic heterocycles. The number of para-hydroxylation sites is 1. The van der Waals surface area contributed by atoms with Crippen LogP contribution in [0.5, 0.6) is 5.75 Å². The van der Waals surface area contributed by atoms with Crippen molar-refractivity contribution in [3.63, 3.8) is 0 Å². The number of fused-ring (bicyclic) bond motifs is 1. The largest absolute Gasteiger partial charge is 0.485 e. The number of benzene rings is 2. The second kappa shape index (κ2) is 5.82. The third-order valence-electron chi connectivity index (χ3n) is 3.72. The SMILES string of the molecule is CCNC1CC(c2cc(F)cc(F)c2)Oc2ccccc21. The maximum absolute atomic E-state index is 13.4. The van der Waals surface area contributed by atoms with Crippen LogP contribution in [0.2, 0.25) is 0 Å². The molecule has 0 spiro atoms. The van der Waals surface area contributed by atoms with Gasteiger partial charge in [-0.05, 0) is 30.3 Å². The average Bonchev–Trinajstić information content (AvgIpc) is 2.46. The minimum Gasteiger partial charge on any atom is -0.485 e. The van der Waals surface area contributed by atoms with Gasteiger partial charge in [-0.2, -0.15) is 0 Å². The van der Waals surface area contributed by atoms with Crippen LogP contribution in [0.3, 0.4) is 0 Å². The Kier molecular flexibility index (Phi) is 3.88. The lowest BCUT2D eigenvalue weighted by atomic mass is 9.93. The van der Waals surface area contributed by atoms with E-state index < -0.39 is 11.6 Å². The first kappa shape index (κ1) is 14.0. The zero-order chi connectivity index (χ0) is 14.8. The van der Waals surface area contributed by atoms with Crippen molar-refractivity contribution in [1.82, 2.24) is 5.32 Å². The summed E-state index contributed by atoms with van der Waals surface area (Å²) >= 11 is 0. The highest BCUT2D eigenvalue weighted by molar-refractivity contribution is 5.39. The normalized spacial score (nSPS) is 20.7. The van der Waals surface area contributed by atoms with E-state index in [4.69, 9.17) is 4.74 Å². The molecule has 1 aliphatic rings. The quantitative estimate of drug-likeness (QED) is 0.917. The summed E-state index contributed by atoms with van der Waals surface area (Å²) in [6.45, 7) is 2.86. The molecule has 110 valence electrons. The average molecular weight is 289 g/mol. The summed E-state index contributed by atoms with van der Waals surface area (Å²) in [4.78, 5) is 0. The van der Waals surface area contributed by atoms with Crippen molar-refractivity contribution in [2.24, 2.45) is 0 Å². The molecule has 2 atom stereocenters. The molecule has 21 heavy (non-hydrogen) atoms. The molecule has 2 aromatic rings. The number of nitrogens with one attached hydrogen (secondary N) is 1. The zero-order valence-corrected chi connectivity index (χ0v) is 11.8. The zero-order valence-electron chi connectivity index (χ0n) is 11.8. The molecule has 1 N–H and O–H groups in total. The molecule has 2 aromatic carbocycles. The van der Waals surface area contributed by atoms with Crippen LogP contribution in [0.15, 0.2) is 42.5 Å². The summed E-state index contributed by atoms with van der Waals surface area (Å²) in [5, 5.41) is 3.40. The van der Waals surface area contributed by atoms with Crippen molar-refractivity contribution in [2.75, 3.05) is 6.54 Å². The Labute approximate surface area is 122 Å². The predicted octanol–water partition coefficient (Wildman–Crippen LogP) is 4.14. The summed E-state index contributed by atoms with van der Waals surface area (Å²) in [5.74, 6) is -0.385. The topological polar surface area (TPSA) is 21.3 Å². The molecule has 0 aliphatic carbocycles. The fourth-order valence-electron chi connectivity index (χ4n) is 2.82. The van der Waals surface area contributed by atoms with Gasteiger partial charge >= 0.3 is 0 Å². The van der Waals surface area contributed by atoms with Crippen LogP contribution >= 0.6 is 0 Å². The van der Waals surface area contributed by atoms with E-state index in [1.807, 2.05) is 31.2 Å². The molecule has 4 heteroatoms. The van der Waals surface area contributed by atoms with Crippen LogP contribution in [0.1, 0.15) is 36.6 Å². The molecule has 0 bridgehead atoms. The van der Waals surface area contributed by atoms with Crippen molar-refractivity contribution >= 4 is 0 Å². The monoisotopic (exact) mass is 289 g/mol. The minimum atomic E-state index is -0.576. The Hall–Kier alpha value is -1.94. The maximum Gasteiger partial charge on any atom is 0.126 e. The molecular formula is C17H17F2NO. The fourth-order valence-corrected chi connectivity index (χ4v) is 2.82. The molecule has 0 fully saturated rings. The van der Waals surface area contributed by atoms with E-state index in [-0.39, 0.29) is 12.1 Å². The lowest BCUT2D eigenvalue weighted by Crippen LogP contribution is -2.29. The molecule has 3 rings (SSSR count). The highest BCUT2D eigenvalue weighted by Crippen LogP contribution is 2.40. The second-order valence-corrected chi connectivity index (χ2v) is 5.19. The van der Waals surface area contributed by atoms with Crippen molar-refractivity contribution in [2.45, 2.75) is 25.5 Å². The summed E-state index contributed by atoms with van der Waals surface area (Å²) in [7, 11) is 0. The number of ether oxygens (including phenoxy) is 1. The van der Waals surface area contributed by atoms with Crippen LogP contribution in [-0.4, -0.2) is 6.54 Å². The first-order valence-corrected chi connectivity index (χ1v) is 7.12. The van der Waals surface area contributed by atoms with Gasteiger partial charge in [0.2, 0.25) is 0 Å². The Morgan fingerprint density at radius 2 is 1.86 bits per heavy atom. The summed E-state index contributed by atoms with van der Waals surface area (Å²) < 4.78 is 32.8. The van der Waals surface area contributed by atoms with Crippen LogP contribution in [0.25, 0.3) is 0 Å². The Morgan fingerprint density at radius 3 is 2.57 bits per heavy atom. The molecule has 0 saturated carbocycles. The number of hydrogen-bond donors (Lipinski definition) is 1. The van der Waals surface area contributed by atoms with Gasteiger partial charge in [-0.3, -0.25) is 0 Å². The van der Waals surface area contributed by atoms with Crippen molar-refractivity contribution in [3.8, 4) is 5.75 Å². The predicted molar refractivity (Wildman–Crippen MR) is 77.2 cm³/mol. The van der Waals surface area contributed by atoms with Gasteiger partial charge in [0.25, 0.3) is 0 Å². The lowest BCUT2D eigenvalue weighted by molar-refractivity contribution is 0.151. The van der Waals surface area contributed by atoms with E-state index in [2.05, 4.69) is 5.32 Å². The first-order valence-electron chi connectivity index (χ1n) is 7.12. The molecule has 2 unspecified atom stereocenters. The van der Waals surface area contributed by atoms with E-state index in [1.54, 1.807) is 0 Å². The molecule has 1 heterocycles. The van der Waals surface area contributed by atoms with Gasteiger partial charge in [0.05, 0.1) is 0 Å². The van der Waals surface area contributed by atoms with Crippen LogP contribution in [0.4, 0.5) is 8.78 Å². The Bertz CT molecular complexity index is 624. The molecule has 0 amide bonds. The minimum absolute atomic E-state index is 0.122. The number of halogens is 2. The summed E-state index contributed by atoms with van der Waals surface area (Å²) in [6.07, 6.45) is 0.294. The highest BCUT2D eigenvalue weighted by Gasteiger charge is 2.29. The van der Waals surface area contributed by atoms with Gasteiger partial charge in [-0.25, -0.2) is 8.78 Å². The molecule has 1 aliphatic heterocycles. The lowest BCUT2D eigenvalue weighted by Gasteiger charge is -2.33. The van der Waals surface area contributed by atoms with Crippen molar-refractivity contribution in [3.05, 3.63) is 65.2 Å². The maximum atomic E-state index is 13.4. The van der Waals surface area contributed by atoms with E-state index >= 15 is 0 Å². The van der Waals surface area contributed by atoms with E-state index in [0.717, 1.165) is 23.9 Å². The van der Waals surface area contributed by atoms with Crippen molar-refractivity contribution < 1.29 is 13.5 Å². The van der Waals surface area contributed by atoms with Crippen LogP contribution < -0.4 is 10.1 Å². The van der Waals surface area contributed by atoms with Gasteiger partial charge in [0, 0.05) is 24.1 Å². The summed E-state index contributed by atoms with van der Waals surface area (Å²) in [6, 6.07) is 11.4. The summed E-state index contributed by atoms with van der Waals surface area (Å²) in [5.41, 5.74) is 1.62. The van der Waals surface area contributed by atoms with Gasteiger partial charge < -0.3 is 10.1 Å². The van der Waals surface area contributed by atoms with E-state index in [9.17, 15) is 8.78 Å². The number of hydrogen-bond acceptors (Lipinski definition) is 2. The highest BCUT2D eigenvalue weighted by atomic mass is 19.1. The van der Waals surface area contributed by atoms with Crippen molar-refractivity contribution in [1.29, 1.82) is 0 Å². The van der Waals surface area contributed by atoms with Gasteiger partial charge in [0.1, 0.15) is 23.5 Å².